The zero-order valence-electron chi connectivity index (χ0n) is 5.76. The third kappa shape index (κ3) is 2.24. The topological polar surface area (TPSA) is 56.2 Å². The first-order chi connectivity index (χ1) is 4.61. The third-order valence-corrected chi connectivity index (χ3v) is 1.50. The molecule has 0 saturated carbocycles. The van der Waals surface area contributed by atoms with Crippen LogP contribution in [-0.4, -0.2) is 5.78 Å². The summed E-state index contributed by atoms with van der Waals surface area (Å²) in [6.07, 6.45) is 0. The van der Waals surface area contributed by atoms with Crippen molar-refractivity contribution in [1.29, 1.82) is 0 Å². The molecule has 0 spiro atoms. The van der Waals surface area contributed by atoms with E-state index in [0.717, 1.165) is 0 Å². The number of Topliss-reactive ketones (excluding diaryl/α,β-unsaturated/α-hetero) is 1. The van der Waals surface area contributed by atoms with Gasteiger partial charge in [0.15, 0.2) is 10.5 Å². The highest BCUT2D eigenvalue weighted by Gasteiger charge is 2.09. The molecule has 1 aromatic rings. The normalized spacial score (nSPS) is 8.91. The van der Waals surface area contributed by atoms with Crippen molar-refractivity contribution in [3.8, 4) is 0 Å². The summed E-state index contributed by atoms with van der Waals surface area (Å²) in [5.41, 5.74) is 5.75. The molecule has 0 aliphatic carbocycles. The summed E-state index contributed by atoms with van der Waals surface area (Å²) in [7, 11) is 0. The van der Waals surface area contributed by atoms with Crippen LogP contribution in [0.25, 0.3) is 0 Å². The Bertz CT molecular complexity index is 272. The molecule has 5 heteroatoms. The van der Waals surface area contributed by atoms with Crippen LogP contribution in [0.1, 0.15) is 17.3 Å². The smallest absolute Gasteiger partial charge is 0.202 e. The van der Waals surface area contributed by atoms with Crippen LogP contribution in [0.5, 0.6) is 0 Å². The summed E-state index contributed by atoms with van der Waals surface area (Å²) in [6.45, 7) is 1.44. The van der Waals surface area contributed by atoms with E-state index in [4.69, 9.17) is 10.2 Å². The number of carbonyl (C=O) groups excluding carboxylic acids is 1. The van der Waals surface area contributed by atoms with Gasteiger partial charge in [-0.3, -0.25) is 4.79 Å². The predicted molar refractivity (Wildman–Crippen MR) is 48.1 cm³/mol. The maximum Gasteiger partial charge on any atom is 0.202 e. The van der Waals surface area contributed by atoms with Gasteiger partial charge in [-0.1, -0.05) is 0 Å². The van der Waals surface area contributed by atoms with Gasteiger partial charge in [-0.05, 0) is 22.9 Å². The number of hydrogen-bond acceptors (Lipinski definition) is 3. The largest absolute Gasteiger partial charge is 0.433 e. The van der Waals surface area contributed by atoms with Crippen LogP contribution in [0.2, 0.25) is 0 Å². The number of hydrogen-bond donors (Lipinski definition) is 1. The highest BCUT2D eigenvalue weighted by atomic mass is 79.9. The van der Waals surface area contributed by atoms with Crippen LogP contribution in [0.3, 0.4) is 0 Å². The molecule has 0 unspecified atom stereocenters. The fraction of sp³-hybridized carbons (Fsp3) is 0.167. The molecule has 11 heavy (non-hydrogen) atoms. The van der Waals surface area contributed by atoms with Gasteiger partial charge in [0.2, 0.25) is 5.88 Å². The van der Waals surface area contributed by atoms with Gasteiger partial charge in [-0.2, -0.15) is 0 Å². The van der Waals surface area contributed by atoms with Crippen molar-refractivity contribution in [2.45, 2.75) is 6.92 Å². The summed E-state index contributed by atoms with van der Waals surface area (Å²) in [6, 6.07) is 1.55. The van der Waals surface area contributed by atoms with E-state index < -0.39 is 0 Å². The fourth-order valence-electron chi connectivity index (χ4n) is 0.649. The molecule has 2 N–H and O–H groups in total. The minimum Gasteiger partial charge on any atom is -0.433 e. The SMILES string of the molecule is CC(=O)c1cc(Br)oc1N.Cl. The molecule has 0 atom stereocenters. The summed E-state index contributed by atoms with van der Waals surface area (Å²) in [5.74, 6) is 0.0753. The minimum atomic E-state index is -0.0908. The lowest BCUT2D eigenvalue weighted by molar-refractivity contribution is 0.101. The number of nitrogen functional groups attached to an aromatic ring is 1. The molecule has 1 rings (SSSR count). The monoisotopic (exact) mass is 239 g/mol. The summed E-state index contributed by atoms with van der Waals surface area (Å²) in [4.78, 5) is 10.7. The van der Waals surface area contributed by atoms with Crippen LogP contribution in [-0.2, 0) is 0 Å². The molecule has 0 bridgehead atoms. The average Bonchev–Trinajstić information content (AvgIpc) is 2.10. The van der Waals surface area contributed by atoms with E-state index in [1.807, 2.05) is 0 Å². The van der Waals surface area contributed by atoms with Crippen molar-refractivity contribution in [2.75, 3.05) is 5.73 Å². The summed E-state index contributed by atoms with van der Waals surface area (Å²) < 4.78 is 5.33. The van der Waals surface area contributed by atoms with Gasteiger partial charge in [0.25, 0.3) is 0 Å². The second-order valence-electron chi connectivity index (χ2n) is 1.88. The van der Waals surface area contributed by atoms with Crippen molar-refractivity contribution in [3.63, 3.8) is 0 Å². The fourth-order valence-corrected chi connectivity index (χ4v) is 1.05. The second-order valence-corrected chi connectivity index (χ2v) is 2.67. The maximum absolute atomic E-state index is 10.7. The zero-order chi connectivity index (χ0) is 7.72. The summed E-state index contributed by atoms with van der Waals surface area (Å²) >= 11 is 3.05. The van der Waals surface area contributed by atoms with Gasteiger partial charge in [-0.25, -0.2) is 0 Å². The molecule has 3 nitrogen and oxygen atoms in total. The first-order valence-electron chi connectivity index (χ1n) is 2.67. The van der Waals surface area contributed by atoms with E-state index in [9.17, 15) is 4.79 Å². The van der Waals surface area contributed by atoms with E-state index in [0.29, 0.717) is 10.2 Å². The lowest BCUT2D eigenvalue weighted by atomic mass is 10.2. The third-order valence-electron chi connectivity index (χ3n) is 1.11. The Morgan fingerprint density at radius 2 is 2.27 bits per heavy atom. The minimum absolute atomic E-state index is 0. The molecular weight excluding hydrogens is 233 g/mol. The molecule has 1 aromatic heterocycles. The molecule has 62 valence electrons. The number of halogens is 2. The first kappa shape index (κ1) is 10.5. The molecule has 0 amide bonds. The number of carbonyl (C=O) groups is 1. The molecular formula is C6H7BrClNO2. The maximum atomic E-state index is 10.7. The van der Waals surface area contributed by atoms with E-state index >= 15 is 0 Å². The number of rotatable bonds is 1. The number of nitrogens with two attached hydrogens (primary N) is 1. The quantitative estimate of drug-likeness (QED) is 0.766. The zero-order valence-corrected chi connectivity index (χ0v) is 8.16. The van der Waals surface area contributed by atoms with E-state index in [-0.39, 0.29) is 24.1 Å². The van der Waals surface area contributed by atoms with E-state index in [1.54, 1.807) is 6.07 Å². The molecule has 0 radical (unpaired) electrons. The first-order valence-corrected chi connectivity index (χ1v) is 3.46. The highest BCUT2D eigenvalue weighted by Crippen LogP contribution is 2.22. The highest BCUT2D eigenvalue weighted by molar-refractivity contribution is 9.10. The van der Waals surface area contributed by atoms with Gasteiger partial charge in [0, 0.05) is 6.07 Å². The van der Waals surface area contributed by atoms with Gasteiger partial charge < -0.3 is 10.2 Å². The van der Waals surface area contributed by atoms with Crippen molar-refractivity contribution >= 4 is 40.0 Å². The van der Waals surface area contributed by atoms with Gasteiger partial charge in [0.1, 0.15) is 0 Å². The predicted octanol–water partition coefficient (Wildman–Crippen LogP) is 2.25. The Morgan fingerprint density at radius 1 is 1.73 bits per heavy atom. The van der Waals surface area contributed by atoms with Gasteiger partial charge in [0.05, 0.1) is 5.56 Å². The molecule has 0 fully saturated rings. The molecule has 0 aliphatic heterocycles. The van der Waals surface area contributed by atoms with Crippen LogP contribution < -0.4 is 5.73 Å². The molecule has 0 saturated heterocycles. The number of furan rings is 1. The van der Waals surface area contributed by atoms with Crippen LogP contribution >= 0.6 is 28.3 Å². The second kappa shape index (κ2) is 3.78. The molecule has 1 heterocycles. The van der Waals surface area contributed by atoms with Crippen molar-refractivity contribution < 1.29 is 9.21 Å². The Hall–Kier alpha value is -0.480. The Labute approximate surface area is 78.5 Å². The number of anilines is 1. The number of ketones is 1. The summed E-state index contributed by atoms with van der Waals surface area (Å²) in [5, 5.41) is 0. The standard InChI is InChI=1S/C6H6BrNO2.ClH/c1-3(9)4-2-5(7)10-6(4)8;/h2H,8H2,1H3;1H. The van der Waals surface area contributed by atoms with Crippen molar-refractivity contribution in [2.24, 2.45) is 0 Å². The van der Waals surface area contributed by atoms with Gasteiger partial charge >= 0.3 is 0 Å². The van der Waals surface area contributed by atoms with E-state index in [2.05, 4.69) is 15.9 Å². The van der Waals surface area contributed by atoms with Gasteiger partial charge in [-0.15, -0.1) is 12.4 Å². The van der Waals surface area contributed by atoms with Crippen molar-refractivity contribution in [1.82, 2.24) is 0 Å². The lowest BCUT2D eigenvalue weighted by Gasteiger charge is -1.86. The average molecular weight is 240 g/mol. The molecule has 0 aromatic carbocycles. The van der Waals surface area contributed by atoms with Crippen molar-refractivity contribution in [3.05, 3.63) is 16.3 Å². The van der Waals surface area contributed by atoms with Crippen LogP contribution in [0.15, 0.2) is 15.2 Å². The lowest BCUT2D eigenvalue weighted by Crippen LogP contribution is -1.94. The van der Waals surface area contributed by atoms with Crippen LogP contribution in [0, 0.1) is 0 Å². The van der Waals surface area contributed by atoms with Crippen LogP contribution in [0.4, 0.5) is 5.88 Å². The Morgan fingerprint density at radius 3 is 2.45 bits per heavy atom. The molecule has 0 aliphatic rings. The van der Waals surface area contributed by atoms with E-state index in [1.165, 1.54) is 6.92 Å². The Balaban J connectivity index is 0.000001000. The Kier molecular flexibility index (Phi) is 3.62.